The summed E-state index contributed by atoms with van der Waals surface area (Å²) in [6, 6.07) is 10.7. The Morgan fingerprint density at radius 2 is 1.23 bits per heavy atom. The molecule has 0 saturated carbocycles. The van der Waals surface area contributed by atoms with Gasteiger partial charge in [0.15, 0.2) is 0 Å². The van der Waals surface area contributed by atoms with Crippen LogP contribution in [0.4, 0.5) is 34.1 Å². The van der Waals surface area contributed by atoms with Crippen LogP contribution in [0.3, 0.4) is 0 Å². The van der Waals surface area contributed by atoms with Crippen molar-refractivity contribution in [3.8, 4) is 0 Å². The number of carbonyl (C=O) groups is 2. The molecule has 0 aliphatic heterocycles. The van der Waals surface area contributed by atoms with E-state index in [4.69, 9.17) is 4.84 Å². The number of rotatable bonds is 20. The Morgan fingerprint density at radius 1 is 0.744 bits per heavy atom. The average Bonchev–Trinajstić information content (AvgIpc) is 2.92. The van der Waals surface area contributed by atoms with Crippen LogP contribution in [0.15, 0.2) is 41.6 Å². The summed E-state index contributed by atoms with van der Waals surface area (Å²) < 4.78 is 1.75. The Balaban J connectivity index is 1.66. The maximum atomic E-state index is 11.4. The van der Waals surface area contributed by atoms with Gasteiger partial charge < -0.3 is 30.2 Å². The second kappa shape index (κ2) is 17.9. The minimum absolute atomic E-state index is 0.119. The van der Waals surface area contributed by atoms with Crippen molar-refractivity contribution in [2.45, 2.75) is 13.8 Å². The molecular weight excluding hydrogens is 589 g/mol. The van der Waals surface area contributed by atoms with Crippen molar-refractivity contribution in [2.24, 2.45) is 5.18 Å². The standard InChI is InChI=1S/C29H46N8O4S2/c1-22(38)32-24-8-10-26(28(20-24)34-40)30-12-14-36(3,4)16-18-42-43-19-17-37(5,6)15-13-31-27-11-9-25(33-23(2)39)21-29(27)35-41-7/h8-11,20-21H,12-19H2,1-7H3,(H3-2,30,31,32,33,34,35,38,39,40)/p+2. The summed E-state index contributed by atoms with van der Waals surface area (Å²) in [6.45, 7) is 8.34. The molecule has 12 nitrogen and oxygen atoms in total. The molecule has 0 aromatic heterocycles. The monoisotopic (exact) mass is 636 g/mol. The fourth-order valence-electron chi connectivity index (χ4n) is 4.11. The first-order valence-corrected chi connectivity index (χ1v) is 16.6. The highest BCUT2D eigenvalue weighted by Crippen LogP contribution is 2.29. The van der Waals surface area contributed by atoms with Crippen LogP contribution >= 0.6 is 21.6 Å². The molecule has 0 radical (unpaired) electrons. The first-order valence-electron chi connectivity index (χ1n) is 14.2. The van der Waals surface area contributed by atoms with Crippen LogP contribution in [0.2, 0.25) is 0 Å². The highest BCUT2D eigenvalue weighted by molar-refractivity contribution is 8.76. The number of benzene rings is 2. The number of anilines is 5. The van der Waals surface area contributed by atoms with Crippen molar-refractivity contribution in [1.82, 2.24) is 0 Å². The van der Waals surface area contributed by atoms with Gasteiger partial charge in [-0.1, -0.05) is 21.6 Å². The molecule has 0 saturated heterocycles. The number of carbonyl (C=O) groups excluding carboxylic acids is 2. The van der Waals surface area contributed by atoms with Crippen molar-refractivity contribution in [3.63, 3.8) is 0 Å². The van der Waals surface area contributed by atoms with Gasteiger partial charge in [-0.2, -0.15) is 0 Å². The van der Waals surface area contributed by atoms with Crippen LogP contribution in [0.5, 0.6) is 0 Å². The Hall–Kier alpha value is -3.04. The lowest BCUT2D eigenvalue weighted by atomic mass is 10.2. The molecule has 43 heavy (non-hydrogen) atoms. The van der Waals surface area contributed by atoms with Crippen molar-refractivity contribution in [3.05, 3.63) is 41.3 Å². The Kier molecular flexibility index (Phi) is 15.1. The van der Waals surface area contributed by atoms with Crippen molar-refractivity contribution < 1.29 is 23.4 Å². The van der Waals surface area contributed by atoms with E-state index < -0.39 is 0 Å². The van der Waals surface area contributed by atoms with Crippen LogP contribution in [0, 0.1) is 4.91 Å². The predicted molar refractivity (Wildman–Crippen MR) is 183 cm³/mol. The number of quaternary nitrogens is 2. The number of hydrogen-bond donors (Lipinski definition) is 5. The Labute approximate surface area is 263 Å². The van der Waals surface area contributed by atoms with Gasteiger partial charge in [0.05, 0.1) is 103 Å². The van der Waals surface area contributed by atoms with Gasteiger partial charge in [0.2, 0.25) is 11.8 Å². The van der Waals surface area contributed by atoms with Crippen molar-refractivity contribution in [1.29, 1.82) is 0 Å². The van der Waals surface area contributed by atoms with Gasteiger partial charge in [0, 0.05) is 25.2 Å². The molecular formula is C29H48N8O4S2+2. The Morgan fingerprint density at radius 3 is 1.72 bits per heavy atom. The van der Waals surface area contributed by atoms with Crippen LogP contribution in [-0.4, -0.2) is 107 Å². The SMILES string of the molecule is CONc1cc(NC(C)=O)ccc1NCC[N+](C)(C)CCSSCC[N+](C)(C)CCNc1ccc(NC(C)=O)cc1N=O. The Bertz CT molecular complexity index is 1210. The highest BCUT2D eigenvalue weighted by atomic mass is 33.1. The molecule has 0 aliphatic carbocycles. The quantitative estimate of drug-likeness (QED) is 0.0446. The largest absolute Gasteiger partial charge is 0.378 e. The van der Waals surface area contributed by atoms with Gasteiger partial charge in [0.1, 0.15) is 5.69 Å². The van der Waals surface area contributed by atoms with E-state index in [9.17, 15) is 14.5 Å². The van der Waals surface area contributed by atoms with E-state index >= 15 is 0 Å². The number of hydrogen-bond acceptors (Lipinski definition) is 10. The van der Waals surface area contributed by atoms with Crippen LogP contribution in [0.1, 0.15) is 13.8 Å². The summed E-state index contributed by atoms with van der Waals surface area (Å²) in [7, 11) is 14.3. The molecule has 0 heterocycles. The number of likely N-dealkylation sites (N-methyl/N-ethyl adjacent to an activating group) is 2. The molecule has 0 fully saturated rings. The maximum absolute atomic E-state index is 11.4. The molecule has 2 rings (SSSR count). The number of amides is 2. The lowest BCUT2D eigenvalue weighted by Gasteiger charge is -2.31. The second-order valence-electron chi connectivity index (χ2n) is 11.5. The molecule has 2 aromatic rings. The molecule has 2 aromatic carbocycles. The molecule has 0 atom stereocenters. The normalized spacial score (nSPS) is 11.5. The number of nitrogens with one attached hydrogen (secondary N) is 5. The van der Waals surface area contributed by atoms with Crippen LogP contribution < -0.4 is 26.7 Å². The van der Waals surface area contributed by atoms with Gasteiger partial charge in [-0.15, -0.1) is 4.91 Å². The molecule has 0 unspecified atom stereocenters. The van der Waals surface area contributed by atoms with E-state index in [1.54, 1.807) is 25.3 Å². The van der Waals surface area contributed by atoms with E-state index in [1.165, 1.54) is 13.8 Å². The summed E-state index contributed by atoms with van der Waals surface area (Å²) in [4.78, 5) is 39.0. The number of nitroso groups, excluding NO2 is 1. The summed E-state index contributed by atoms with van der Waals surface area (Å²) in [6.07, 6.45) is 0. The van der Waals surface area contributed by atoms with Gasteiger partial charge in [-0.05, 0) is 41.6 Å². The third kappa shape index (κ3) is 14.3. The topological polar surface area (TPSA) is 133 Å². The zero-order valence-corrected chi connectivity index (χ0v) is 28.0. The molecule has 0 aliphatic rings. The maximum Gasteiger partial charge on any atom is 0.221 e. The van der Waals surface area contributed by atoms with E-state index in [2.05, 4.69) is 60.1 Å². The van der Waals surface area contributed by atoms with Crippen molar-refractivity contribution in [2.75, 3.05) is 113 Å². The summed E-state index contributed by atoms with van der Waals surface area (Å²) >= 11 is 0. The van der Waals surface area contributed by atoms with Gasteiger partial charge in [0.25, 0.3) is 0 Å². The number of nitrogens with zero attached hydrogens (tertiary/aromatic N) is 3. The fourth-order valence-corrected chi connectivity index (χ4v) is 6.64. The second-order valence-corrected chi connectivity index (χ2v) is 14.2. The molecule has 0 spiro atoms. The third-order valence-electron chi connectivity index (χ3n) is 6.68. The summed E-state index contributed by atoms with van der Waals surface area (Å²) in [5.74, 6) is 1.79. The predicted octanol–water partition coefficient (Wildman–Crippen LogP) is 5.03. The zero-order chi connectivity index (χ0) is 31.9. The van der Waals surface area contributed by atoms with E-state index in [0.717, 1.165) is 64.6 Å². The highest BCUT2D eigenvalue weighted by Gasteiger charge is 2.17. The summed E-state index contributed by atoms with van der Waals surface area (Å²) in [5, 5.41) is 15.3. The van der Waals surface area contributed by atoms with Gasteiger partial charge in [-0.25, -0.2) is 0 Å². The van der Waals surface area contributed by atoms with Gasteiger partial charge in [-0.3, -0.25) is 19.9 Å². The van der Waals surface area contributed by atoms with Gasteiger partial charge >= 0.3 is 0 Å². The van der Waals surface area contributed by atoms with Crippen LogP contribution in [-0.2, 0) is 14.4 Å². The molecule has 238 valence electrons. The molecule has 0 bridgehead atoms. The molecule has 2 amide bonds. The first kappa shape index (κ1) is 36.2. The minimum atomic E-state index is -0.192. The lowest BCUT2D eigenvalue weighted by molar-refractivity contribution is -0.886. The van der Waals surface area contributed by atoms with E-state index in [-0.39, 0.29) is 17.5 Å². The summed E-state index contributed by atoms with van der Waals surface area (Å²) in [5.41, 5.74) is 6.76. The third-order valence-corrected chi connectivity index (χ3v) is 9.04. The average molecular weight is 637 g/mol. The zero-order valence-electron chi connectivity index (χ0n) is 26.4. The van der Waals surface area contributed by atoms with Crippen molar-refractivity contribution >= 4 is 67.5 Å². The smallest absolute Gasteiger partial charge is 0.221 e. The molecule has 5 N–H and O–H groups in total. The fraction of sp³-hybridized carbons (Fsp3) is 0.517. The minimum Gasteiger partial charge on any atom is -0.378 e. The van der Waals surface area contributed by atoms with Crippen LogP contribution in [0.25, 0.3) is 0 Å². The molecule has 14 heteroatoms. The first-order chi connectivity index (χ1) is 20.3. The van der Waals surface area contributed by atoms with E-state index in [0.29, 0.717) is 23.6 Å². The van der Waals surface area contributed by atoms with E-state index in [1.807, 2.05) is 39.8 Å². The lowest BCUT2D eigenvalue weighted by Crippen LogP contribution is -2.45.